The molecule has 0 saturated heterocycles. The number of rotatable bonds is 6. The SMILES string of the molecule is COc1cccc(SC(C)CCO)c1OC. The molecule has 1 N–H and O–H groups in total. The summed E-state index contributed by atoms with van der Waals surface area (Å²) in [4.78, 5) is 1.04. The lowest BCUT2D eigenvalue weighted by Crippen LogP contribution is -2.00. The van der Waals surface area contributed by atoms with Gasteiger partial charge in [-0.25, -0.2) is 0 Å². The van der Waals surface area contributed by atoms with Gasteiger partial charge >= 0.3 is 0 Å². The van der Waals surface area contributed by atoms with Gasteiger partial charge in [-0.15, -0.1) is 11.8 Å². The lowest BCUT2D eigenvalue weighted by atomic mass is 10.3. The van der Waals surface area contributed by atoms with Gasteiger partial charge in [0, 0.05) is 11.9 Å². The third-order valence-electron chi connectivity index (χ3n) is 2.23. The molecule has 0 amide bonds. The second kappa shape index (κ2) is 6.66. The van der Waals surface area contributed by atoms with E-state index in [1.807, 2.05) is 18.2 Å². The average molecular weight is 242 g/mol. The van der Waals surface area contributed by atoms with E-state index in [9.17, 15) is 0 Å². The Morgan fingerprint density at radius 2 is 2.06 bits per heavy atom. The lowest BCUT2D eigenvalue weighted by Gasteiger charge is -2.15. The third kappa shape index (κ3) is 3.32. The molecule has 0 aliphatic heterocycles. The van der Waals surface area contributed by atoms with Gasteiger partial charge in [-0.1, -0.05) is 13.0 Å². The Hall–Kier alpha value is -0.870. The van der Waals surface area contributed by atoms with Gasteiger partial charge in [0.2, 0.25) is 0 Å². The van der Waals surface area contributed by atoms with E-state index in [4.69, 9.17) is 14.6 Å². The lowest BCUT2D eigenvalue weighted by molar-refractivity contribution is 0.289. The number of thioether (sulfide) groups is 1. The van der Waals surface area contributed by atoms with Crippen LogP contribution in [0, 0.1) is 0 Å². The number of para-hydroxylation sites is 1. The van der Waals surface area contributed by atoms with Crippen LogP contribution in [0.2, 0.25) is 0 Å². The highest BCUT2D eigenvalue weighted by Crippen LogP contribution is 2.39. The molecule has 0 aliphatic carbocycles. The average Bonchev–Trinajstić information content (AvgIpc) is 2.29. The van der Waals surface area contributed by atoms with Crippen LogP contribution < -0.4 is 9.47 Å². The van der Waals surface area contributed by atoms with Crippen LogP contribution in [0.4, 0.5) is 0 Å². The molecule has 16 heavy (non-hydrogen) atoms. The van der Waals surface area contributed by atoms with Crippen molar-refractivity contribution in [3.63, 3.8) is 0 Å². The van der Waals surface area contributed by atoms with E-state index in [1.54, 1.807) is 26.0 Å². The zero-order valence-corrected chi connectivity index (χ0v) is 10.7. The Morgan fingerprint density at radius 3 is 2.62 bits per heavy atom. The second-order valence-electron chi connectivity index (χ2n) is 3.43. The molecule has 0 spiro atoms. The Bertz CT molecular complexity index is 328. The summed E-state index contributed by atoms with van der Waals surface area (Å²) in [6, 6.07) is 5.81. The molecule has 3 nitrogen and oxygen atoms in total. The molecule has 1 atom stereocenters. The van der Waals surface area contributed by atoms with E-state index in [2.05, 4.69) is 6.92 Å². The number of methoxy groups -OCH3 is 2. The predicted octanol–water partition coefficient (Wildman–Crippen LogP) is 2.57. The maximum atomic E-state index is 8.87. The molecular weight excluding hydrogens is 224 g/mol. The molecule has 90 valence electrons. The molecule has 1 unspecified atom stereocenters. The van der Waals surface area contributed by atoms with Crippen LogP contribution in [0.25, 0.3) is 0 Å². The van der Waals surface area contributed by atoms with Crippen molar-refractivity contribution in [2.45, 2.75) is 23.5 Å². The maximum Gasteiger partial charge on any atom is 0.174 e. The van der Waals surface area contributed by atoms with Crippen LogP contribution in [-0.2, 0) is 0 Å². The minimum atomic E-state index is 0.209. The largest absolute Gasteiger partial charge is 0.493 e. The first kappa shape index (κ1) is 13.2. The van der Waals surface area contributed by atoms with Gasteiger partial charge in [0.25, 0.3) is 0 Å². The maximum absolute atomic E-state index is 8.87. The fraction of sp³-hybridized carbons (Fsp3) is 0.500. The van der Waals surface area contributed by atoms with Crippen molar-refractivity contribution < 1.29 is 14.6 Å². The van der Waals surface area contributed by atoms with Crippen molar-refractivity contribution >= 4 is 11.8 Å². The molecule has 0 aliphatic rings. The van der Waals surface area contributed by atoms with Crippen LogP contribution in [0.15, 0.2) is 23.1 Å². The van der Waals surface area contributed by atoms with Gasteiger partial charge in [-0.05, 0) is 18.6 Å². The van der Waals surface area contributed by atoms with Crippen molar-refractivity contribution in [3.8, 4) is 11.5 Å². The Kier molecular flexibility index (Phi) is 5.49. The van der Waals surface area contributed by atoms with Gasteiger partial charge in [0.15, 0.2) is 11.5 Å². The summed E-state index contributed by atoms with van der Waals surface area (Å²) in [6.45, 7) is 2.29. The molecule has 1 aromatic rings. The highest BCUT2D eigenvalue weighted by molar-refractivity contribution is 8.00. The topological polar surface area (TPSA) is 38.7 Å². The Morgan fingerprint density at radius 1 is 1.31 bits per heavy atom. The predicted molar refractivity (Wildman–Crippen MR) is 66.6 cm³/mol. The van der Waals surface area contributed by atoms with Crippen molar-refractivity contribution in [2.24, 2.45) is 0 Å². The quantitative estimate of drug-likeness (QED) is 0.778. The molecule has 0 saturated carbocycles. The van der Waals surface area contributed by atoms with E-state index in [0.29, 0.717) is 5.25 Å². The molecule has 1 rings (SSSR count). The van der Waals surface area contributed by atoms with Crippen molar-refractivity contribution in [1.29, 1.82) is 0 Å². The number of ether oxygens (including phenoxy) is 2. The zero-order valence-electron chi connectivity index (χ0n) is 9.90. The van der Waals surface area contributed by atoms with Crippen molar-refractivity contribution in [3.05, 3.63) is 18.2 Å². The van der Waals surface area contributed by atoms with Gasteiger partial charge in [-0.2, -0.15) is 0 Å². The fourth-order valence-corrected chi connectivity index (χ4v) is 2.51. The van der Waals surface area contributed by atoms with Crippen LogP contribution in [0.5, 0.6) is 11.5 Å². The van der Waals surface area contributed by atoms with Crippen molar-refractivity contribution in [2.75, 3.05) is 20.8 Å². The van der Waals surface area contributed by atoms with E-state index in [0.717, 1.165) is 22.8 Å². The molecule has 0 heterocycles. The number of aliphatic hydroxyl groups is 1. The first-order valence-corrected chi connectivity index (χ1v) is 6.09. The number of benzene rings is 1. The summed E-state index contributed by atoms with van der Waals surface area (Å²) in [7, 11) is 3.27. The third-order valence-corrected chi connectivity index (χ3v) is 3.44. The number of hydrogen-bond acceptors (Lipinski definition) is 4. The zero-order chi connectivity index (χ0) is 12.0. The summed E-state index contributed by atoms with van der Waals surface area (Å²) in [5.41, 5.74) is 0. The fourth-order valence-electron chi connectivity index (χ4n) is 1.41. The standard InChI is InChI=1S/C12H18O3S/c1-9(7-8-13)16-11-6-4-5-10(14-2)12(11)15-3/h4-6,9,13H,7-8H2,1-3H3. The number of aliphatic hydroxyl groups excluding tert-OH is 1. The van der Waals surface area contributed by atoms with E-state index in [1.165, 1.54) is 0 Å². The van der Waals surface area contributed by atoms with Crippen LogP contribution in [0.1, 0.15) is 13.3 Å². The Balaban J connectivity index is 2.86. The van der Waals surface area contributed by atoms with Crippen molar-refractivity contribution in [1.82, 2.24) is 0 Å². The molecule has 0 radical (unpaired) electrons. The molecule has 0 aromatic heterocycles. The first-order valence-electron chi connectivity index (χ1n) is 5.21. The van der Waals surface area contributed by atoms with E-state index in [-0.39, 0.29) is 6.61 Å². The van der Waals surface area contributed by atoms with Gasteiger partial charge in [0.05, 0.1) is 19.1 Å². The van der Waals surface area contributed by atoms with Crippen LogP contribution in [0.3, 0.4) is 0 Å². The van der Waals surface area contributed by atoms with Gasteiger partial charge < -0.3 is 14.6 Å². The molecule has 4 heteroatoms. The highest BCUT2D eigenvalue weighted by Gasteiger charge is 2.12. The van der Waals surface area contributed by atoms with Crippen LogP contribution in [-0.4, -0.2) is 31.2 Å². The minimum absolute atomic E-state index is 0.209. The second-order valence-corrected chi connectivity index (χ2v) is 4.91. The van der Waals surface area contributed by atoms with E-state index < -0.39 is 0 Å². The number of hydrogen-bond donors (Lipinski definition) is 1. The summed E-state index contributed by atoms with van der Waals surface area (Å²) >= 11 is 1.68. The van der Waals surface area contributed by atoms with E-state index >= 15 is 0 Å². The smallest absolute Gasteiger partial charge is 0.174 e. The van der Waals surface area contributed by atoms with Gasteiger partial charge in [-0.3, -0.25) is 0 Å². The molecule has 1 aromatic carbocycles. The normalized spacial score (nSPS) is 12.2. The summed E-state index contributed by atoms with van der Waals surface area (Å²) in [5, 5.41) is 9.23. The molecule has 0 fully saturated rings. The highest BCUT2D eigenvalue weighted by atomic mass is 32.2. The molecular formula is C12H18O3S. The van der Waals surface area contributed by atoms with Gasteiger partial charge in [0.1, 0.15) is 0 Å². The minimum Gasteiger partial charge on any atom is -0.493 e. The Labute approximate surface area is 101 Å². The summed E-state index contributed by atoms with van der Waals surface area (Å²) in [5.74, 6) is 1.50. The summed E-state index contributed by atoms with van der Waals surface area (Å²) in [6.07, 6.45) is 0.769. The molecule has 0 bridgehead atoms. The first-order chi connectivity index (χ1) is 7.72. The van der Waals surface area contributed by atoms with Crippen LogP contribution >= 0.6 is 11.8 Å². The monoisotopic (exact) mass is 242 g/mol. The summed E-state index contributed by atoms with van der Waals surface area (Å²) < 4.78 is 10.6.